The van der Waals surface area contributed by atoms with E-state index in [1.54, 1.807) is 6.92 Å². The van der Waals surface area contributed by atoms with Gasteiger partial charge in [-0.2, -0.15) is 0 Å². The van der Waals surface area contributed by atoms with E-state index in [4.69, 9.17) is 0 Å². The van der Waals surface area contributed by atoms with Gasteiger partial charge in [0, 0.05) is 35.5 Å². The van der Waals surface area contributed by atoms with E-state index in [1.807, 2.05) is 13.1 Å². The molecule has 0 aliphatic carbocycles. The predicted molar refractivity (Wildman–Crippen MR) is 74.0 cm³/mol. The van der Waals surface area contributed by atoms with E-state index in [0.29, 0.717) is 18.0 Å². The third kappa shape index (κ3) is 2.28. The number of piperidine rings is 1. The van der Waals surface area contributed by atoms with E-state index in [1.165, 1.54) is 25.7 Å². The molecule has 2 aliphatic rings. The molecule has 3 heterocycles. The molecular formula is C15H23N3O. The van der Waals surface area contributed by atoms with Crippen LogP contribution in [0.4, 0.5) is 0 Å². The fourth-order valence-corrected chi connectivity index (χ4v) is 3.72. The highest BCUT2D eigenvalue weighted by molar-refractivity contribution is 5.20. The van der Waals surface area contributed by atoms with E-state index in [0.717, 1.165) is 17.1 Å². The summed E-state index contributed by atoms with van der Waals surface area (Å²) >= 11 is 0. The highest BCUT2D eigenvalue weighted by atomic mass is 16.3. The maximum atomic E-state index is 9.65. The van der Waals surface area contributed by atoms with Crippen LogP contribution in [0.2, 0.25) is 0 Å². The van der Waals surface area contributed by atoms with Crippen LogP contribution in [0.5, 0.6) is 0 Å². The molecule has 0 saturated carbocycles. The Hall–Kier alpha value is -1.00. The number of aryl methyl sites for hydroxylation is 1. The Labute approximate surface area is 114 Å². The average molecular weight is 261 g/mol. The largest absolute Gasteiger partial charge is 0.389 e. The summed E-state index contributed by atoms with van der Waals surface area (Å²) in [5.74, 6) is 1.47. The van der Waals surface area contributed by atoms with Crippen LogP contribution in [-0.2, 0) is 0 Å². The summed E-state index contributed by atoms with van der Waals surface area (Å²) in [6.07, 6.45) is 6.33. The zero-order valence-electron chi connectivity index (χ0n) is 12.0. The molecule has 3 atom stereocenters. The summed E-state index contributed by atoms with van der Waals surface area (Å²) in [7, 11) is 2.25. The van der Waals surface area contributed by atoms with Crippen molar-refractivity contribution in [2.24, 2.45) is 0 Å². The molecule has 0 spiro atoms. The molecule has 3 unspecified atom stereocenters. The summed E-state index contributed by atoms with van der Waals surface area (Å²) in [6, 6.07) is 1.42. The zero-order chi connectivity index (χ0) is 13.6. The maximum absolute atomic E-state index is 9.65. The second kappa shape index (κ2) is 4.84. The number of aromatic nitrogens is 2. The first kappa shape index (κ1) is 13.0. The van der Waals surface area contributed by atoms with E-state index in [9.17, 15) is 5.11 Å². The minimum absolute atomic E-state index is 0.484. The number of rotatable bonds is 2. The van der Waals surface area contributed by atoms with Gasteiger partial charge in [0.05, 0.1) is 6.10 Å². The molecule has 1 aromatic rings. The second-order valence-electron chi connectivity index (χ2n) is 6.16. The van der Waals surface area contributed by atoms with Crippen molar-refractivity contribution in [2.45, 2.75) is 63.6 Å². The van der Waals surface area contributed by atoms with Crippen LogP contribution < -0.4 is 0 Å². The van der Waals surface area contributed by atoms with E-state index in [-0.39, 0.29) is 0 Å². The van der Waals surface area contributed by atoms with Crippen LogP contribution in [0.1, 0.15) is 61.7 Å². The lowest BCUT2D eigenvalue weighted by Gasteiger charge is -2.35. The lowest BCUT2D eigenvalue weighted by atomic mass is 9.90. The summed E-state index contributed by atoms with van der Waals surface area (Å²) in [6.45, 7) is 3.73. The van der Waals surface area contributed by atoms with Gasteiger partial charge in [-0.05, 0) is 46.6 Å². The van der Waals surface area contributed by atoms with Crippen molar-refractivity contribution in [3.63, 3.8) is 0 Å². The van der Waals surface area contributed by atoms with Crippen molar-refractivity contribution in [3.8, 4) is 0 Å². The van der Waals surface area contributed by atoms with Crippen molar-refractivity contribution < 1.29 is 5.11 Å². The summed E-state index contributed by atoms with van der Waals surface area (Å²) in [5, 5.41) is 9.65. The Balaban J connectivity index is 1.82. The van der Waals surface area contributed by atoms with Crippen LogP contribution in [-0.4, -0.2) is 39.1 Å². The highest BCUT2D eigenvalue weighted by Gasteiger charge is 2.39. The quantitative estimate of drug-likeness (QED) is 0.886. The summed E-state index contributed by atoms with van der Waals surface area (Å²) < 4.78 is 0. The smallest absolute Gasteiger partial charge is 0.131 e. The first-order chi connectivity index (χ1) is 9.06. The molecule has 2 bridgehead atoms. The van der Waals surface area contributed by atoms with Crippen molar-refractivity contribution >= 4 is 0 Å². The molecular weight excluding hydrogens is 238 g/mol. The fraction of sp³-hybridized carbons (Fsp3) is 0.733. The van der Waals surface area contributed by atoms with Gasteiger partial charge in [0.1, 0.15) is 5.82 Å². The molecule has 0 aromatic carbocycles. The first-order valence-corrected chi connectivity index (χ1v) is 7.29. The van der Waals surface area contributed by atoms with Crippen molar-refractivity contribution in [3.05, 3.63) is 23.3 Å². The lowest BCUT2D eigenvalue weighted by molar-refractivity contribution is 0.158. The van der Waals surface area contributed by atoms with Gasteiger partial charge in [-0.25, -0.2) is 9.97 Å². The standard InChI is InChI=1S/C15H23N3O/c1-9-14(10(2)19)8-16-15(17-9)11-6-12-4-5-13(7-11)18(12)3/h8,10-13,19H,4-7H2,1-3H3. The Bertz CT molecular complexity index is 460. The lowest BCUT2D eigenvalue weighted by Crippen LogP contribution is -2.39. The number of hydrogen-bond donors (Lipinski definition) is 1. The fourth-order valence-electron chi connectivity index (χ4n) is 3.72. The molecule has 104 valence electrons. The topological polar surface area (TPSA) is 49.2 Å². The van der Waals surface area contributed by atoms with Gasteiger partial charge >= 0.3 is 0 Å². The Morgan fingerprint density at radius 3 is 2.47 bits per heavy atom. The third-order valence-corrected chi connectivity index (χ3v) is 4.95. The molecule has 2 aliphatic heterocycles. The number of hydrogen-bond acceptors (Lipinski definition) is 4. The van der Waals surface area contributed by atoms with Gasteiger partial charge in [0.2, 0.25) is 0 Å². The number of aliphatic hydroxyl groups excluding tert-OH is 1. The van der Waals surface area contributed by atoms with Crippen LogP contribution in [0, 0.1) is 6.92 Å². The molecule has 4 heteroatoms. The van der Waals surface area contributed by atoms with Crippen molar-refractivity contribution in [1.29, 1.82) is 0 Å². The minimum Gasteiger partial charge on any atom is -0.389 e. The maximum Gasteiger partial charge on any atom is 0.131 e. The average Bonchev–Trinajstić information content (AvgIpc) is 2.61. The normalized spacial score (nSPS) is 32.5. The van der Waals surface area contributed by atoms with Crippen molar-refractivity contribution in [2.75, 3.05) is 7.05 Å². The Kier molecular flexibility index (Phi) is 3.31. The van der Waals surface area contributed by atoms with Crippen molar-refractivity contribution in [1.82, 2.24) is 14.9 Å². The van der Waals surface area contributed by atoms with Gasteiger partial charge in [-0.3, -0.25) is 0 Å². The van der Waals surface area contributed by atoms with E-state index < -0.39 is 6.10 Å². The summed E-state index contributed by atoms with van der Waals surface area (Å²) in [4.78, 5) is 11.7. The zero-order valence-corrected chi connectivity index (χ0v) is 12.0. The Morgan fingerprint density at radius 1 is 1.32 bits per heavy atom. The third-order valence-electron chi connectivity index (χ3n) is 4.95. The van der Waals surface area contributed by atoms with E-state index in [2.05, 4.69) is 21.9 Å². The monoisotopic (exact) mass is 261 g/mol. The summed E-state index contributed by atoms with van der Waals surface area (Å²) in [5.41, 5.74) is 1.77. The molecule has 1 aromatic heterocycles. The van der Waals surface area contributed by atoms with Crippen LogP contribution in [0.15, 0.2) is 6.20 Å². The number of aliphatic hydroxyl groups is 1. The number of fused-ring (bicyclic) bond motifs is 2. The highest BCUT2D eigenvalue weighted by Crippen LogP contribution is 2.41. The Morgan fingerprint density at radius 2 is 1.95 bits per heavy atom. The van der Waals surface area contributed by atoms with Crippen LogP contribution in [0.25, 0.3) is 0 Å². The molecule has 2 saturated heterocycles. The molecule has 19 heavy (non-hydrogen) atoms. The first-order valence-electron chi connectivity index (χ1n) is 7.29. The van der Waals surface area contributed by atoms with Gasteiger partial charge in [-0.15, -0.1) is 0 Å². The molecule has 0 amide bonds. The van der Waals surface area contributed by atoms with E-state index >= 15 is 0 Å². The molecule has 0 radical (unpaired) electrons. The number of nitrogens with zero attached hydrogens (tertiary/aromatic N) is 3. The molecule has 1 N–H and O–H groups in total. The molecule has 4 nitrogen and oxygen atoms in total. The van der Waals surface area contributed by atoms with Gasteiger partial charge < -0.3 is 10.0 Å². The minimum atomic E-state index is -0.484. The second-order valence-corrected chi connectivity index (χ2v) is 6.16. The van der Waals surface area contributed by atoms with Gasteiger partial charge in [0.15, 0.2) is 0 Å². The van der Waals surface area contributed by atoms with Crippen LogP contribution in [0.3, 0.4) is 0 Å². The SMILES string of the molecule is Cc1nc(C2CC3CCC(C2)N3C)ncc1C(C)O. The van der Waals surface area contributed by atoms with Crippen LogP contribution >= 0.6 is 0 Å². The molecule has 2 fully saturated rings. The molecule has 3 rings (SSSR count). The van der Waals surface area contributed by atoms with Gasteiger partial charge in [0.25, 0.3) is 0 Å². The predicted octanol–water partition coefficient (Wildman–Crippen LogP) is 2.18. The van der Waals surface area contributed by atoms with Gasteiger partial charge in [-0.1, -0.05) is 0 Å².